The molecule has 23 heavy (non-hydrogen) atoms. The number of carbonyl (C=O) groups is 1. The number of hydrogen-bond acceptors (Lipinski definition) is 5. The van der Waals surface area contributed by atoms with Crippen molar-refractivity contribution in [1.82, 2.24) is 24.6 Å². The second kappa shape index (κ2) is 6.87. The molecule has 0 radical (unpaired) electrons. The van der Waals surface area contributed by atoms with Gasteiger partial charge >= 0.3 is 0 Å². The van der Waals surface area contributed by atoms with Crippen molar-refractivity contribution in [3.05, 3.63) is 36.4 Å². The molecular formula is C16H22N6O. The van der Waals surface area contributed by atoms with Gasteiger partial charge in [-0.3, -0.25) is 19.7 Å². The van der Waals surface area contributed by atoms with Crippen LogP contribution in [0, 0.1) is 6.92 Å². The minimum atomic E-state index is -0.219. The van der Waals surface area contributed by atoms with Gasteiger partial charge < -0.3 is 0 Å². The van der Waals surface area contributed by atoms with Gasteiger partial charge in [-0.25, -0.2) is 9.97 Å². The van der Waals surface area contributed by atoms with Crippen LogP contribution in [0.2, 0.25) is 0 Å². The first-order valence-electron chi connectivity index (χ1n) is 7.96. The van der Waals surface area contributed by atoms with Crippen molar-refractivity contribution in [1.29, 1.82) is 0 Å². The second-order valence-electron chi connectivity index (χ2n) is 6.01. The summed E-state index contributed by atoms with van der Waals surface area (Å²) >= 11 is 0. The maximum absolute atomic E-state index is 12.4. The maximum Gasteiger partial charge on any atom is 0.243 e. The van der Waals surface area contributed by atoms with E-state index in [2.05, 4.69) is 25.3 Å². The Morgan fingerprint density at radius 2 is 2.22 bits per heavy atom. The first kappa shape index (κ1) is 15.6. The first-order chi connectivity index (χ1) is 11.1. The molecule has 0 spiro atoms. The van der Waals surface area contributed by atoms with Crippen molar-refractivity contribution in [2.24, 2.45) is 0 Å². The summed E-state index contributed by atoms with van der Waals surface area (Å²) in [5.74, 6) is 0.280. The Morgan fingerprint density at radius 3 is 2.91 bits per heavy atom. The fraction of sp³-hybridized carbons (Fsp3) is 0.500. The number of amides is 1. The lowest BCUT2D eigenvalue weighted by Crippen LogP contribution is -2.46. The van der Waals surface area contributed by atoms with E-state index in [-0.39, 0.29) is 11.9 Å². The standard InChI is InChI=1S/C16H22N6O/c1-12-9-19-21(10-12)11-14-5-3-8-22(14)13(2)15(23)20-16-17-6-4-7-18-16/h4,6-7,9-10,13-14H,3,5,8,11H2,1-2H3,(H,17,18,20,23)/t13-,14+/m1/s1. The molecule has 1 fully saturated rings. The van der Waals surface area contributed by atoms with Gasteiger partial charge in [-0.15, -0.1) is 0 Å². The molecule has 0 saturated carbocycles. The molecule has 7 heteroatoms. The van der Waals surface area contributed by atoms with Crippen LogP contribution in [0.4, 0.5) is 5.95 Å². The molecule has 2 atom stereocenters. The van der Waals surface area contributed by atoms with E-state index in [4.69, 9.17) is 0 Å². The topological polar surface area (TPSA) is 75.9 Å². The summed E-state index contributed by atoms with van der Waals surface area (Å²) in [6, 6.07) is 1.83. The molecule has 1 aliphatic rings. The van der Waals surface area contributed by atoms with Crippen LogP contribution in [0.1, 0.15) is 25.3 Å². The van der Waals surface area contributed by atoms with Gasteiger partial charge in [0.05, 0.1) is 18.8 Å². The number of carbonyl (C=O) groups excluding carboxylic acids is 1. The molecule has 3 heterocycles. The van der Waals surface area contributed by atoms with Crippen molar-refractivity contribution >= 4 is 11.9 Å². The monoisotopic (exact) mass is 314 g/mol. The van der Waals surface area contributed by atoms with Gasteiger partial charge in [0.25, 0.3) is 0 Å². The van der Waals surface area contributed by atoms with Crippen LogP contribution in [0.15, 0.2) is 30.9 Å². The molecule has 0 aliphatic carbocycles. The van der Waals surface area contributed by atoms with Gasteiger partial charge in [-0.1, -0.05) is 0 Å². The summed E-state index contributed by atoms with van der Waals surface area (Å²) in [5.41, 5.74) is 1.15. The average Bonchev–Trinajstić information content (AvgIpc) is 3.17. The third-order valence-corrected chi connectivity index (χ3v) is 4.26. The predicted molar refractivity (Wildman–Crippen MR) is 86.8 cm³/mol. The molecule has 1 aliphatic heterocycles. The summed E-state index contributed by atoms with van der Waals surface area (Å²) in [6.07, 6.45) is 9.32. The number of rotatable bonds is 5. The summed E-state index contributed by atoms with van der Waals surface area (Å²) in [6.45, 7) is 5.71. The molecule has 2 aromatic heterocycles. The average molecular weight is 314 g/mol. The molecule has 122 valence electrons. The fourth-order valence-corrected chi connectivity index (χ4v) is 3.08. The van der Waals surface area contributed by atoms with E-state index < -0.39 is 0 Å². The first-order valence-corrected chi connectivity index (χ1v) is 7.96. The van der Waals surface area contributed by atoms with Crippen molar-refractivity contribution in [2.75, 3.05) is 11.9 Å². The lowest BCUT2D eigenvalue weighted by atomic mass is 10.2. The van der Waals surface area contributed by atoms with E-state index in [1.54, 1.807) is 18.5 Å². The Bertz CT molecular complexity index is 656. The quantitative estimate of drug-likeness (QED) is 0.904. The maximum atomic E-state index is 12.4. The van der Waals surface area contributed by atoms with E-state index in [1.165, 1.54) is 0 Å². The zero-order valence-electron chi connectivity index (χ0n) is 13.5. The zero-order valence-corrected chi connectivity index (χ0v) is 13.5. The number of nitrogens with zero attached hydrogens (tertiary/aromatic N) is 5. The summed E-state index contributed by atoms with van der Waals surface area (Å²) in [7, 11) is 0. The summed E-state index contributed by atoms with van der Waals surface area (Å²) in [5, 5.41) is 7.14. The number of aromatic nitrogens is 4. The van der Waals surface area contributed by atoms with Gasteiger partial charge in [0, 0.05) is 24.6 Å². The van der Waals surface area contributed by atoms with Crippen molar-refractivity contribution < 1.29 is 4.79 Å². The van der Waals surface area contributed by atoms with Gasteiger partial charge in [0.2, 0.25) is 11.9 Å². The zero-order chi connectivity index (χ0) is 16.2. The van der Waals surface area contributed by atoms with Crippen molar-refractivity contribution in [3.63, 3.8) is 0 Å². The number of nitrogens with one attached hydrogen (secondary N) is 1. The Balaban J connectivity index is 1.63. The fourth-order valence-electron chi connectivity index (χ4n) is 3.08. The van der Waals surface area contributed by atoms with Crippen molar-refractivity contribution in [2.45, 2.75) is 45.3 Å². The van der Waals surface area contributed by atoms with Crippen LogP contribution in [0.5, 0.6) is 0 Å². The van der Waals surface area contributed by atoms with E-state index in [9.17, 15) is 4.79 Å². The largest absolute Gasteiger partial charge is 0.293 e. The number of aryl methyl sites for hydroxylation is 1. The highest BCUT2D eigenvalue weighted by atomic mass is 16.2. The van der Waals surface area contributed by atoms with Crippen LogP contribution in [0.3, 0.4) is 0 Å². The van der Waals surface area contributed by atoms with Crippen LogP contribution in [-0.4, -0.2) is 49.2 Å². The minimum absolute atomic E-state index is 0.0697. The van der Waals surface area contributed by atoms with E-state index in [0.717, 1.165) is 31.5 Å². The lowest BCUT2D eigenvalue weighted by Gasteiger charge is -2.29. The molecular weight excluding hydrogens is 292 g/mol. The molecule has 0 aromatic carbocycles. The van der Waals surface area contributed by atoms with E-state index in [1.807, 2.05) is 30.9 Å². The minimum Gasteiger partial charge on any atom is -0.293 e. The van der Waals surface area contributed by atoms with Gasteiger partial charge in [-0.2, -0.15) is 5.10 Å². The molecule has 0 bridgehead atoms. The third kappa shape index (κ3) is 3.73. The molecule has 1 amide bonds. The smallest absolute Gasteiger partial charge is 0.243 e. The Labute approximate surface area is 135 Å². The van der Waals surface area contributed by atoms with Gasteiger partial charge in [0.1, 0.15) is 0 Å². The number of anilines is 1. The Morgan fingerprint density at radius 1 is 1.43 bits per heavy atom. The predicted octanol–water partition coefficient (Wildman–Crippen LogP) is 1.47. The van der Waals surface area contributed by atoms with Crippen LogP contribution >= 0.6 is 0 Å². The van der Waals surface area contributed by atoms with Crippen LogP contribution in [0.25, 0.3) is 0 Å². The normalized spacial score (nSPS) is 19.7. The highest BCUT2D eigenvalue weighted by molar-refractivity contribution is 5.93. The lowest BCUT2D eigenvalue weighted by molar-refractivity contribution is -0.121. The highest BCUT2D eigenvalue weighted by Crippen LogP contribution is 2.22. The van der Waals surface area contributed by atoms with E-state index >= 15 is 0 Å². The summed E-state index contributed by atoms with van der Waals surface area (Å²) < 4.78 is 1.96. The second-order valence-corrected chi connectivity index (χ2v) is 6.01. The van der Waals surface area contributed by atoms with Crippen molar-refractivity contribution in [3.8, 4) is 0 Å². The third-order valence-electron chi connectivity index (χ3n) is 4.26. The van der Waals surface area contributed by atoms with Crippen LogP contribution < -0.4 is 5.32 Å². The Kier molecular flexibility index (Phi) is 4.66. The molecule has 2 aromatic rings. The highest BCUT2D eigenvalue weighted by Gasteiger charge is 2.32. The van der Waals surface area contributed by atoms with Crippen LogP contribution in [-0.2, 0) is 11.3 Å². The summed E-state index contributed by atoms with van der Waals surface area (Å²) in [4.78, 5) is 22.8. The molecule has 3 rings (SSSR count). The Hall–Kier alpha value is -2.28. The molecule has 1 N–H and O–H groups in total. The van der Waals surface area contributed by atoms with E-state index in [0.29, 0.717) is 12.0 Å². The molecule has 7 nitrogen and oxygen atoms in total. The molecule has 0 unspecified atom stereocenters. The molecule has 1 saturated heterocycles. The number of hydrogen-bond donors (Lipinski definition) is 1. The van der Waals surface area contributed by atoms with Gasteiger partial charge in [0.15, 0.2) is 0 Å². The SMILES string of the molecule is Cc1cnn(C[C@@H]2CCCN2[C@H](C)C(=O)Nc2ncccn2)c1. The van der Waals surface area contributed by atoms with Gasteiger partial charge in [-0.05, 0) is 44.9 Å². The number of likely N-dealkylation sites (tertiary alicyclic amines) is 1.